The summed E-state index contributed by atoms with van der Waals surface area (Å²) < 4.78 is 9.92. The highest BCUT2D eigenvalue weighted by atomic mass is 16.7. The van der Waals surface area contributed by atoms with Crippen LogP contribution in [0.3, 0.4) is 0 Å². The molecule has 0 saturated heterocycles. The van der Waals surface area contributed by atoms with Gasteiger partial charge in [0, 0.05) is 26.5 Å². The monoisotopic (exact) mass is 237 g/mol. The average molecular weight is 237 g/mol. The first-order chi connectivity index (χ1) is 7.91. The van der Waals surface area contributed by atoms with Gasteiger partial charge in [-0.05, 0) is 12.1 Å². The molecule has 0 amide bonds. The Balaban J connectivity index is 2.83. The number of carbonyl (C=O) groups excluding carboxylic acids is 2. The lowest BCUT2D eigenvalue weighted by molar-refractivity contribution is -0.209. The fourth-order valence-corrected chi connectivity index (χ4v) is 1.40. The number of benzene rings is 1. The summed E-state index contributed by atoms with van der Waals surface area (Å²) in [6.45, 7) is 3.95. The van der Waals surface area contributed by atoms with Crippen molar-refractivity contribution in [2.75, 3.05) is 5.32 Å². The molecule has 1 aromatic rings. The molecule has 1 rings (SSSR count). The van der Waals surface area contributed by atoms with Gasteiger partial charge in [-0.1, -0.05) is 18.2 Å². The molecule has 5 heteroatoms. The minimum absolute atomic E-state index is 0.544. The lowest BCUT2D eigenvalue weighted by Crippen LogP contribution is -2.43. The molecule has 1 aromatic carbocycles. The van der Waals surface area contributed by atoms with Crippen LogP contribution in [-0.2, 0) is 19.1 Å². The maximum atomic E-state index is 11.0. The van der Waals surface area contributed by atoms with E-state index in [4.69, 9.17) is 9.47 Å². The minimum atomic E-state index is -1.50. The molecule has 0 atom stereocenters. The summed E-state index contributed by atoms with van der Waals surface area (Å²) in [6, 6.07) is 9.01. The predicted octanol–water partition coefficient (Wildman–Crippen LogP) is 1.90. The highest BCUT2D eigenvalue weighted by Crippen LogP contribution is 2.18. The third-order valence-corrected chi connectivity index (χ3v) is 1.82. The third kappa shape index (κ3) is 4.55. The molecule has 0 radical (unpaired) electrons. The van der Waals surface area contributed by atoms with Crippen LogP contribution in [0.25, 0.3) is 0 Å². The first-order valence-corrected chi connectivity index (χ1v) is 5.14. The maximum Gasteiger partial charge on any atom is 0.337 e. The number of hydrogen-bond donors (Lipinski definition) is 1. The second-order valence-corrected chi connectivity index (χ2v) is 3.62. The van der Waals surface area contributed by atoms with Crippen molar-refractivity contribution in [1.82, 2.24) is 0 Å². The summed E-state index contributed by atoms with van der Waals surface area (Å²) in [6.07, 6.45) is 0. The molecule has 0 spiro atoms. The molecule has 92 valence electrons. The minimum Gasteiger partial charge on any atom is -0.404 e. The van der Waals surface area contributed by atoms with Crippen LogP contribution in [0, 0.1) is 0 Å². The molecule has 0 unspecified atom stereocenters. The summed E-state index contributed by atoms with van der Waals surface area (Å²) in [7, 11) is 0. The Morgan fingerprint density at radius 3 is 1.94 bits per heavy atom. The van der Waals surface area contributed by atoms with Crippen LogP contribution in [0.1, 0.15) is 20.8 Å². The fourth-order valence-electron chi connectivity index (χ4n) is 1.40. The van der Waals surface area contributed by atoms with Crippen molar-refractivity contribution in [3.8, 4) is 0 Å². The zero-order valence-electron chi connectivity index (χ0n) is 10.0. The van der Waals surface area contributed by atoms with E-state index in [-0.39, 0.29) is 0 Å². The van der Waals surface area contributed by atoms with Crippen LogP contribution in [0.4, 0.5) is 5.69 Å². The van der Waals surface area contributed by atoms with Gasteiger partial charge in [0.05, 0.1) is 0 Å². The molecule has 0 aliphatic rings. The van der Waals surface area contributed by atoms with Crippen LogP contribution < -0.4 is 5.32 Å². The number of carbonyl (C=O) groups is 2. The molecule has 0 saturated carbocycles. The van der Waals surface area contributed by atoms with E-state index in [0.717, 1.165) is 0 Å². The van der Waals surface area contributed by atoms with E-state index in [2.05, 4.69) is 5.32 Å². The molecule has 0 bridgehead atoms. The summed E-state index contributed by atoms with van der Waals surface area (Å²) in [5.41, 5.74) is 0.678. The molecule has 0 aliphatic heterocycles. The van der Waals surface area contributed by atoms with Crippen molar-refractivity contribution in [3.63, 3.8) is 0 Å². The number of anilines is 1. The number of ether oxygens (including phenoxy) is 2. The van der Waals surface area contributed by atoms with Gasteiger partial charge in [-0.25, -0.2) is 0 Å². The van der Waals surface area contributed by atoms with E-state index >= 15 is 0 Å². The lowest BCUT2D eigenvalue weighted by atomic mass is 10.3. The quantitative estimate of drug-likeness (QED) is 0.640. The van der Waals surface area contributed by atoms with Crippen LogP contribution in [0.5, 0.6) is 0 Å². The Morgan fingerprint density at radius 1 is 1.06 bits per heavy atom. The largest absolute Gasteiger partial charge is 0.404 e. The van der Waals surface area contributed by atoms with Gasteiger partial charge in [-0.15, -0.1) is 0 Å². The Morgan fingerprint density at radius 2 is 1.53 bits per heavy atom. The average Bonchev–Trinajstić information content (AvgIpc) is 2.15. The smallest absolute Gasteiger partial charge is 0.337 e. The summed E-state index contributed by atoms with van der Waals surface area (Å²) in [5, 5.41) is 2.83. The van der Waals surface area contributed by atoms with Gasteiger partial charge in [0.1, 0.15) is 0 Å². The van der Waals surface area contributed by atoms with Gasteiger partial charge in [-0.3, -0.25) is 9.59 Å². The van der Waals surface area contributed by atoms with Crippen molar-refractivity contribution in [2.24, 2.45) is 0 Å². The summed E-state index contributed by atoms with van der Waals surface area (Å²) in [4.78, 5) is 22.0. The number of rotatable bonds is 4. The topological polar surface area (TPSA) is 64.6 Å². The lowest BCUT2D eigenvalue weighted by Gasteiger charge is -2.29. The molecule has 0 aromatic heterocycles. The van der Waals surface area contributed by atoms with Crippen molar-refractivity contribution < 1.29 is 19.1 Å². The predicted molar refractivity (Wildman–Crippen MR) is 62.0 cm³/mol. The van der Waals surface area contributed by atoms with E-state index in [9.17, 15) is 9.59 Å². The molecule has 5 nitrogen and oxygen atoms in total. The second kappa shape index (κ2) is 5.34. The van der Waals surface area contributed by atoms with Gasteiger partial charge in [0.25, 0.3) is 0 Å². The Bertz CT molecular complexity index is 386. The number of nitrogens with one attached hydrogen (secondary N) is 1. The van der Waals surface area contributed by atoms with Crippen LogP contribution >= 0.6 is 0 Å². The molecule has 17 heavy (non-hydrogen) atoms. The highest BCUT2D eigenvalue weighted by molar-refractivity contribution is 5.69. The molecular formula is C12H15NO4. The zero-order valence-corrected chi connectivity index (χ0v) is 10.0. The van der Waals surface area contributed by atoms with E-state index in [1.54, 1.807) is 12.1 Å². The van der Waals surface area contributed by atoms with Crippen molar-refractivity contribution >= 4 is 17.6 Å². The standard InChI is InChI=1S/C12H15NO4/c1-9(14)16-12(3,17-10(2)15)13-11-7-5-4-6-8-11/h4-8,13H,1-3H3. The Hall–Kier alpha value is -2.04. The zero-order chi connectivity index (χ0) is 12.9. The molecule has 0 heterocycles. The number of para-hydroxylation sites is 1. The van der Waals surface area contributed by atoms with Crippen LogP contribution in [-0.4, -0.2) is 17.8 Å². The van der Waals surface area contributed by atoms with Crippen molar-refractivity contribution in [1.29, 1.82) is 0 Å². The molecular weight excluding hydrogens is 222 g/mol. The first kappa shape index (κ1) is 13.0. The van der Waals surface area contributed by atoms with Crippen molar-refractivity contribution in [2.45, 2.75) is 26.7 Å². The van der Waals surface area contributed by atoms with Gasteiger partial charge in [-0.2, -0.15) is 0 Å². The molecule has 0 aliphatic carbocycles. The highest BCUT2D eigenvalue weighted by Gasteiger charge is 2.31. The van der Waals surface area contributed by atoms with Crippen LogP contribution in [0.2, 0.25) is 0 Å². The van der Waals surface area contributed by atoms with E-state index in [1.165, 1.54) is 20.8 Å². The van der Waals surface area contributed by atoms with Gasteiger partial charge in [0.15, 0.2) is 0 Å². The van der Waals surface area contributed by atoms with E-state index in [0.29, 0.717) is 5.69 Å². The number of hydrogen-bond acceptors (Lipinski definition) is 5. The first-order valence-electron chi connectivity index (χ1n) is 5.14. The van der Waals surface area contributed by atoms with Crippen LogP contribution in [0.15, 0.2) is 30.3 Å². The third-order valence-electron chi connectivity index (χ3n) is 1.82. The molecule has 0 fully saturated rings. The fraction of sp³-hybridized carbons (Fsp3) is 0.333. The van der Waals surface area contributed by atoms with Gasteiger partial charge in [0.2, 0.25) is 0 Å². The second-order valence-electron chi connectivity index (χ2n) is 3.62. The molecule has 1 N–H and O–H groups in total. The Kier molecular flexibility index (Phi) is 4.09. The Labute approximate surface area is 99.7 Å². The summed E-state index contributed by atoms with van der Waals surface area (Å²) >= 11 is 0. The van der Waals surface area contributed by atoms with E-state index in [1.807, 2.05) is 18.2 Å². The maximum absolute atomic E-state index is 11.0. The SMILES string of the molecule is CC(=O)OC(C)(Nc1ccccc1)OC(C)=O. The number of esters is 2. The van der Waals surface area contributed by atoms with Gasteiger partial charge < -0.3 is 14.8 Å². The van der Waals surface area contributed by atoms with Crippen molar-refractivity contribution in [3.05, 3.63) is 30.3 Å². The normalized spacial score (nSPS) is 10.5. The summed E-state index contributed by atoms with van der Waals surface area (Å²) in [5.74, 6) is -2.59. The van der Waals surface area contributed by atoms with E-state index < -0.39 is 17.8 Å². The van der Waals surface area contributed by atoms with Gasteiger partial charge >= 0.3 is 17.8 Å².